The third kappa shape index (κ3) is 5.36. The Hall–Kier alpha value is -0.610. The first-order valence-corrected chi connectivity index (χ1v) is 7.16. The van der Waals surface area contributed by atoms with Crippen LogP contribution in [0.25, 0.3) is 0 Å². The van der Waals surface area contributed by atoms with Gasteiger partial charge in [0.1, 0.15) is 6.04 Å². The number of nitrogens with one attached hydrogen (secondary N) is 1. The lowest BCUT2D eigenvalue weighted by atomic mass is 10.2. The molecule has 0 aromatic carbocycles. The van der Waals surface area contributed by atoms with Crippen molar-refractivity contribution in [1.29, 1.82) is 0 Å². The molecule has 0 heterocycles. The summed E-state index contributed by atoms with van der Waals surface area (Å²) in [5.41, 5.74) is 0. The zero-order valence-corrected chi connectivity index (χ0v) is 12.2. The number of rotatable bonds is 9. The van der Waals surface area contributed by atoms with Gasteiger partial charge in [0.2, 0.25) is 0 Å². The van der Waals surface area contributed by atoms with Crippen LogP contribution < -0.4 is 5.32 Å². The van der Waals surface area contributed by atoms with Gasteiger partial charge in [-0.25, -0.2) is 0 Å². The fourth-order valence-corrected chi connectivity index (χ4v) is 2.20. The maximum Gasteiger partial charge on any atom is 0.324 e. The van der Waals surface area contributed by atoms with Crippen molar-refractivity contribution in [3.63, 3.8) is 0 Å². The molecule has 0 aromatic rings. The summed E-state index contributed by atoms with van der Waals surface area (Å²) in [6.45, 7) is 8.19. The van der Waals surface area contributed by atoms with Crippen LogP contribution in [0.3, 0.4) is 0 Å². The summed E-state index contributed by atoms with van der Waals surface area (Å²) < 4.78 is 4.89. The Labute approximate surface area is 111 Å². The molecular weight excluding hydrogens is 228 g/mol. The van der Waals surface area contributed by atoms with E-state index in [-0.39, 0.29) is 12.0 Å². The maximum absolute atomic E-state index is 11.8. The first-order chi connectivity index (χ1) is 8.58. The average Bonchev–Trinajstić information content (AvgIpc) is 3.15. The van der Waals surface area contributed by atoms with Gasteiger partial charge in [-0.15, -0.1) is 0 Å². The molecular formula is C14H28N2O2. The van der Waals surface area contributed by atoms with E-state index in [2.05, 4.69) is 31.0 Å². The van der Waals surface area contributed by atoms with Gasteiger partial charge < -0.3 is 10.1 Å². The zero-order chi connectivity index (χ0) is 13.5. The second-order valence-corrected chi connectivity index (χ2v) is 5.48. The van der Waals surface area contributed by atoms with Gasteiger partial charge >= 0.3 is 5.97 Å². The molecule has 18 heavy (non-hydrogen) atoms. The number of unbranched alkanes of at least 4 members (excludes halogenated alkanes) is 1. The molecule has 0 saturated heterocycles. The van der Waals surface area contributed by atoms with E-state index in [0.29, 0.717) is 12.1 Å². The van der Waals surface area contributed by atoms with Crippen molar-refractivity contribution < 1.29 is 9.53 Å². The van der Waals surface area contributed by atoms with Crippen molar-refractivity contribution in [2.75, 3.05) is 20.2 Å². The molecule has 1 rings (SSSR count). The van der Waals surface area contributed by atoms with Gasteiger partial charge in [0.25, 0.3) is 0 Å². The lowest BCUT2D eigenvalue weighted by Gasteiger charge is -2.27. The summed E-state index contributed by atoms with van der Waals surface area (Å²) in [6.07, 6.45) is 4.95. The van der Waals surface area contributed by atoms with Gasteiger partial charge in [-0.1, -0.05) is 27.2 Å². The van der Waals surface area contributed by atoms with Gasteiger partial charge in [-0.05, 0) is 25.8 Å². The molecule has 1 unspecified atom stereocenters. The van der Waals surface area contributed by atoms with Gasteiger partial charge in [-0.3, -0.25) is 9.69 Å². The van der Waals surface area contributed by atoms with Crippen molar-refractivity contribution in [3.8, 4) is 0 Å². The molecule has 106 valence electrons. The molecule has 0 amide bonds. The van der Waals surface area contributed by atoms with Crippen molar-refractivity contribution in [3.05, 3.63) is 0 Å². The number of hydrogen-bond donors (Lipinski definition) is 1. The molecule has 0 radical (unpaired) electrons. The number of ether oxygens (including phenoxy) is 1. The Morgan fingerprint density at radius 1 is 1.44 bits per heavy atom. The largest absolute Gasteiger partial charge is 0.468 e. The fraction of sp³-hybridized carbons (Fsp3) is 0.929. The Bertz CT molecular complexity index is 252. The lowest BCUT2D eigenvalue weighted by Crippen LogP contribution is -2.49. The van der Waals surface area contributed by atoms with E-state index in [1.165, 1.54) is 32.8 Å². The highest BCUT2D eigenvalue weighted by Crippen LogP contribution is 2.27. The maximum atomic E-state index is 11.8. The Balaban J connectivity index is 2.51. The monoisotopic (exact) mass is 256 g/mol. The molecule has 0 aliphatic heterocycles. The Morgan fingerprint density at radius 3 is 2.56 bits per heavy atom. The quantitative estimate of drug-likeness (QED) is 0.639. The Kier molecular flexibility index (Phi) is 6.65. The molecule has 1 saturated carbocycles. The highest BCUT2D eigenvalue weighted by molar-refractivity contribution is 5.76. The standard InChI is InChI=1S/C14H28N2O2/c1-5-6-9-16(12-7-8-12)10-13(14(17)18-4)15-11(2)3/h11-13,15H,5-10H2,1-4H3. The summed E-state index contributed by atoms with van der Waals surface area (Å²) in [6, 6.07) is 0.784. The smallest absolute Gasteiger partial charge is 0.324 e. The minimum absolute atomic E-state index is 0.147. The molecule has 1 fully saturated rings. The summed E-state index contributed by atoms with van der Waals surface area (Å²) in [5, 5.41) is 3.30. The summed E-state index contributed by atoms with van der Waals surface area (Å²) >= 11 is 0. The van der Waals surface area contributed by atoms with Gasteiger partial charge in [0, 0.05) is 18.6 Å². The van der Waals surface area contributed by atoms with Crippen LogP contribution in [0.15, 0.2) is 0 Å². The molecule has 0 spiro atoms. The van der Waals surface area contributed by atoms with Crippen LogP contribution in [0.1, 0.15) is 46.5 Å². The van der Waals surface area contributed by atoms with Crippen LogP contribution >= 0.6 is 0 Å². The minimum atomic E-state index is -0.201. The van der Waals surface area contributed by atoms with Gasteiger partial charge in [-0.2, -0.15) is 0 Å². The number of carbonyl (C=O) groups is 1. The molecule has 0 aromatic heterocycles. The molecule has 1 aliphatic rings. The minimum Gasteiger partial charge on any atom is -0.468 e. The van der Waals surface area contributed by atoms with E-state index < -0.39 is 0 Å². The zero-order valence-electron chi connectivity index (χ0n) is 12.2. The fourth-order valence-electron chi connectivity index (χ4n) is 2.20. The number of methoxy groups -OCH3 is 1. The third-order valence-corrected chi connectivity index (χ3v) is 3.30. The van der Waals surface area contributed by atoms with E-state index >= 15 is 0 Å². The number of nitrogens with zero attached hydrogens (tertiary/aromatic N) is 1. The van der Waals surface area contributed by atoms with E-state index in [9.17, 15) is 4.79 Å². The SMILES string of the molecule is CCCCN(CC(NC(C)C)C(=O)OC)C1CC1. The second-order valence-electron chi connectivity index (χ2n) is 5.48. The first-order valence-electron chi connectivity index (χ1n) is 7.16. The molecule has 0 bridgehead atoms. The van der Waals surface area contributed by atoms with E-state index in [1.807, 2.05) is 0 Å². The van der Waals surface area contributed by atoms with E-state index in [0.717, 1.165) is 13.1 Å². The van der Waals surface area contributed by atoms with Crippen molar-refractivity contribution >= 4 is 5.97 Å². The van der Waals surface area contributed by atoms with Crippen LogP contribution in [0.2, 0.25) is 0 Å². The predicted octanol–water partition coefficient (Wildman–Crippen LogP) is 1.79. The Morgan fingerprint density at radius 2 is 2.11 bits per heavy atom. The summed E-state index contributed by atoms with van der Waals surface area (Å²) in [4.78, 5) is 14.2. The van der Waals surface area contributed by atoms with Crippen LogP contribution in [0, 0.1) is 0 Å². The average molecular weight is 256 g/mol. The van der Waals surface area contributed by atoms with Crippen LogP contribution in [0.5, 0.6) is 0 Å². The van der Waals surface area contributed by atoms with Crippen LogP contribution in [0.4, 0.5) is 0 Å². The molecule has 4 heteroatoms. The number of carbonyl (C=O) groups excluding carboxylic acids is 1. The van der Waals surface area contributed by atoms with Crippen molar-refractivity contribution in [1.82, 2.24) is 10.2 Å². The first kappa shape index (κ1) is 15.4. The van der Waals surface area contributed by atoms with Crippen LogP contribution in [-0.4, -0.2) is 49.2 Å². The van der Waals surface area contributed by atoms with Gasteiger partial charge in [0.15, 0.2) is 0 Å². The molecule has 1 atom stereocenters. The third-order valence-electron chi connectivity index (χ3n) is 3.30. The van der Waals surface area contributed by atoms with E-state index in [1.54, 1.807) is 0 Å². The van der Waals surface area contributed by atoms with Gasteiger partial charge in [0.05, 0.1) is 7.11 Å². The highest BCUT2D eigenvalue weighted by atomic mass is 16.5. The number of esters is 1. The molecule has 1 aliphatic carbocycles. The predicted molar refractivity (Wildman–Crippen MR) is 73.6 cm³/mol. The lowest BCUT2D eigenvalue weighted by molar-refractivity contribution is -0.143. The highest BCUT2D eigenvalue weighted by Gasteiger charge is 2.32. The topological polar surface area (TPSA) is 41.6 Å². The van der Waals surface area contributed by atoms with Crippen molar-refractivity contribution in [2.45, 2.75) is 64.6 Å². The molecule has 4 nitrogen and oxygen atoms in total. The normalized spacial score (nSPS) is 17.2. The number of hydrogen-bond acceptors (Lipinski definition) is 4. The van der Waals surface area contributed by atoms with Crippen molar-refractivity contribution in [2.24, 2.45) is 0 Å². The van der Waals surface area contributed by atoms with Crippen LogP contribution in [-0.2, 0) is 9.53 Å². The summed E-state index contributed by atoms with van der Waals surface area (Å²) in [5.74, 6) is -0.147. The second kappa shape index (κ2) is 7.74. The molecule has 1 N–H and O–H groups in total. The summed E-state index contributed by atoms with van der Waals surface area (Å²) in [7, 11) is 1.46. The van der Waals surface area contributed by atoms with E-state index in [4.69, 9.17) is 4.74 Å².